The molecule has 1 saturated heterocycles. The van der Waals surface area contributed by atoms with E-state index in [0.717, 1.165) is 42.0 Å². The fraction of sp³-hybridized carbons (Fsp3) is 0.526. The summed E-state index contributed by atoms with van der Waals surface area (Å²) in [6, 6.07) is 6.33. The molecule has 1 aliphatic heterocycles. The molecule has 0 aliphatic carbocycles. The molecular weight excluding hydrogens is 389 g/mol. The van der Waals surface area contributed by atoms with Gasteiger partial charge in [-0.1, -0.05) is 40.6 Å². The van der Waals surface area contributed by atoms with Gasteiger partial charge in [0.1, 0.15) is 0 Å². The van der Waals surface area contributed by atoms with Crippen LogP contribution in [0.3, 0.4) is 0 Å². The largest absolute Gasteiger partial charge is 0.470 e. The number of piperidine rings is 1. The van der Waals surface area contributed by atoms with Gasteiger partial charge in [-0.05, 0) is 44.5 Å². The van der Waals surface area contributed by atoms with E-state index in [1.165, 1.54) is 17.7 Å². The molecule has 1 aliphatic rings. The van der Waals surface area contributed by atoms with Gasteiger partial charge in [-0.15, -0.1) is 0 Å². The second-order valence-electron chi connectivity index (χ2n) is 6.68. The number of rotatable bonds is 7. The molecular formula is C19H25Cl2N3OS. The summed E-state index contributed by atoms with van der Waals surface area (Å²) >= 11 is 14.0. The molecule has 0 radical (unpaired) electrons. The van der Waals surface area contributed by atoms with Crippen molar-refractivity contribution in [3.8, 4) is 5.19 Å². The summed E-state index contributed by atoms with van der Waals surface area (Å²) in [5, 5.41) is 2.21. The fourth-order valence-corrected chi connectivity index (χ4v) is 4.67. The summed E-state index contributed by atoms with van der Waals surface area (Å²) in [6.45, 7) is 6.68. The van der Waals surface area contributed by atoms with E-state index in [1.807, 2.05) is 31.3 Å². The van der Waals surface area contributed by atoms with Crippen molar-refractivity contribution in [1.29, 1.82) is 0 Å². The molecule has 142 valence electrons. The van der Waals surface area contributed by atoms with Crippen LogP contribution in [0.15, 0.2) is 24.4 Å². The van der Waals surface area contributed by atoms with Crippen LogP contribution >= 0.6 is 34.5 Å². The number of aromatic nitrogens is 1. The van der Waals surface area contributed by atoms with Gasteiger partial charge >= 0.3 is 0 Å². The number of ether oxygens (including phenoxy) is 1. The Balaban J connectivity index is 1.48. The molecule has 2 aromatic rings. The van der Waals surface area contributed by atoms with E-state index in [0.29, 0.717) is 17.7 Å². The van der Waals surface area contributed by atoms with Crippen LogP contribution in [0.1, 0.15) is 30.2 Å². The Morgan fingerprint density at radius 1 is 1.31 bits per heavy atom. The Hall–Kier alpha value is -0.850. The summed E-state index contributed by atoms with van der Waals surface area (Å²) in [5.74, 6) is 0. The van der Waals surface area contributed by atoms with Gasteiger partial charge in [0, 0.05) is 53.3 Å². The quantitative estimate of drug-likeness (QED) is 0.641. The molecule has 0 bridgehead atoms. The maximum Gasteiger partial charge on any atom is 0.273 e. The summed E-state index contributed by atoms with van der Waals surface area (Å²) in [6.07, 6.45) is 4.27. The van der Waals surface area contributed by atoms with E-state index in [9.17, 15) is 0 Å². The highest BCUT2D eigenvalue weighted by Gasteiger charge is 2.23. The van der Waals surface area contributed by atoms with Gasteiger partial charge in [-0.25, -0.2) is 4.98 Å². The van der Waals surface area contributed by atoms with Crippen molar-refractivity contribution in [2.45, 2.75) is 38.9 Å². The van der Waals surface area contributed by atoms with Crippen molar-refractivity contribution in [2.24, 2.45) is 0 Å². The maximum atomic E-state index is 6.32. The zero-order valence-corrected chi connectivity index (χ0v) is 17.6. The highest BCUT2D eigenvalue weighted by molar-refractivity contribution is 7.13. The number of benzene rings is 1. The lowest BCUT2D eigenvalue weighted by Gasteiger charge is -2.36. The van der Waals surface area contributed by atoms with Crippen molar-refractivity contribution in [3.05, 3.63) is 44.9 Å². The zero-order valence-electron chi connectivity index (χ0n) is 15.3. The normalized spacial score (nSPS) is 16.3. The Labute approximate surface area is 169 Å². The van der Waals surface area contributed by atoms with Crippen molar-refractivity contribution >= 4 is 34.5 Å². The highest BCUT2D eigenvalue weighted by atomic mass is 35.5. The summed E-state index contributed by atoms with van der Waals surface area (Å²) in [4.78, 5) is 10.5. The van der Waals surface area contributed by atoms with Crippen LogP contribution in [0.2, 0.25) is 10.0 Å². The lowest BCUT2D eigenvalue weighted by atomic mass is 10.0. The second kappa shape index (κ2) is 9.38. The molecule has 2 heterocycles. The van der Waals surface area contributed by atoms with Crippen LogP contribution in [-0.2, 0) is 13.1 Å². The molecule has 0 unspecified atom stereocenters. The topological polar surface area (TPSA) is 28.6 Å². The standard InChI is InChI=1S/C19H25Cl2N3OS/c1-3-25-19-22-11-17(26-19)13-24-8-6-16(7-9-24)23(2)12-14-4-5-15(20)10-18(14)21/h4-5,10-11,16H,3,6-9,12-13H2,1-2H3. The number of nitrogens with zero attached hydrogens (tertiary/aromatic N) is 3. The first kappa shape index (κ1) is 19.9. The van der Waals surface area contributed by atoms with Crippen molar-refractivity contribution in [2.75, 3.05) is 26.7 Å². The molecule has 1 fully saturated rings. The minimum Gasteiger partial charge on any atom is -0.470 e. The molecule has 3 rings (SSSR count). The fourth-order valence-electron chi connectivity index (χ4n) is 3.34. The van der Waals surface area contributed by atoms with Crippen LogP contribution in [0.5, 0.6) is 5.19 Å². The van der Waals surface area contributed by atoms with E-state index < -0.39 is 0 Å². The van der Waals surface area contributed by atoms with Gasteiger partial charge in [0.15, 0.2) is 0 Å². The third-order valence-corrected chi connectivity index (χ3v) is 6.28. The molecule has 1 aromatic carbocycles. The van der Waals surface area contributed by atoms with E-state index in [1.54, 1.807) is 11.3 Å². The molecule has 0 spiro atoms. The molecule has 0 N–H and O–H groups in total. The van der Waals surface area contributed by atoms with Gasteiger partial charge in [0.05, 0.1) is 6.61 Å². The van der Waals surface area contributed by atoms with Gasteiger partial charge in [0.2, 0.25) is 0 Å². The molecule has 0 atom stereocenters. The average molecular weight is 414 g/mol. The first-order valence-electron chi connectivity index (χ1n) is 8.99. The first-order chi connectivity index (χ1) is 12.5. The van der Waals surface area contributed by atoms with Crippen LogP contribution in [-0.4, -0.2) is 47.6 Å². The Morgan fingerprint density at radius 3 is 2.77 bits per heavy atom. The van der Waals surface area contributed by atoms with Gasteiger partial charge in [-0.2, -0.15) is 0 Å². The minimum absolute atomic E-state index is 0.582. The van der Waals surface area contributed by atoms with E-state index in [-0.39, 0.29) is 0 Å². The van der Waals surface area contributed by atoms with Crippen molar-refractivity contribution in [1.82, 2.24) is 14.8 Å². The molecule has 0 saturated carbocycles. The monoisotopic (exact) mass is 413 g/mol. The average Bonchev–Trinajstić information content (AvgIpc) is 3.05. The lowest BCUT2D eigenvalue weighted by Crippen LogP contribution is -2.42. The van der Waals surface area contributed by atoms with Crippen molar-refractivity contribution in [3.63, 3.8) is 0 Å². The van der Waals surface area contributed by atoms with E-state index in [4.69, 9.17) is 27.9 Å². The number of hydrogen-bond acceptors (Lipinski definition) is 5. The van der Waals surface area contributed by atoms with Gasteiger partial charge in [-0.3, -0.25) is 9.80 Å². The molecule has 4 nitrogen and oxygen atoms in total. The second-order valence-corrected chi connectivity index (χ2v) is 8.61. The highest BCUT2D eigenvalue weighted by Crippen LogP contribution is 2.26. The first-order valence-corrected chi connectivity index (χ1v) is 10.6. The number of halogens is 2. The molecule has 0 amide bonds. The smallest absolute Gasteiger partial charge is 0.273 e. The van der Waals surface area contributed by atoms with Crippen LogP contribution < -0.4 is 4.74 Å². The number of hydrogen-bond donors (Lipinski definition) is 0. The van der Waals surface area contributed by atoms with E-state index in [2.05, 4.69) is 21.8 Å². The predicted octanol–water partition coefficient (Wildman–Crippen LogP) is 4.95. The Kier molecular flexibility index (Phi) is 7.18. The third-order valence-electron chi connectivity index (χ3n) is 4.79. The minimum atomic E-state index is 0.582. The zero-order chi connectivity index (χ0) is 18.5. The third kappa shape index (κ3) is 5.33. The molecule has 1 aromatic heterocycles. The number of likely N-dealkylation sites (tertiary alicyclic amines) is 1. The molecule has 7 heteroatoms. The summed E-state index contributed by atoms with van der Waals surface area (Å²) < 4.78 is 5.46. The Morgan fingerprint density at radius 2 is 2.08 bits per heavy atom. The predicted molar refractivity (Wildman–Crippen MR) is 110 cm³/mol. The molecule has 26 heavy (non-hydrogen) atoms. The number of thiazole rings is 1. The van der Waals surface area contributed by atoms with Crippen LogP contribution in [0.4, 0.5) is 0 Å². The summed E-state index contributed by atoms with van der Waals surface area (Å²) in [7, 11) is 2.18. The van der Waals surface area contributed by atoms with Crippen molar-refractivity contribution < 1.29 is 4.74 Å². The Bertz CT molecular complexity index is 717. The van der Waals surface area contributed by atoms with Crippen LogP contribution in [0, 0.1) is 0 Å². The maximum absolute atomic E-state index is 6.32. The SMILES string of the molecule is CCOc1ncc(CN2CCC(N(C)Cc3ccc(Cl)cc3Cl)CC2)s1. The lowest BCUT2D eigenvalue weighted by molar-refractivity contribution is 0.120. The summed E-state index contributed by atoms with van der Waals surface area (Å²) in [5.41, 5.74) is 1.13. The van der Waals surface area contributed by atoms with E-state index >= 15 is 0 Å². The van der Waals surface area contributed by atoms with Gasteiger partial charge < -0.3 is 4.74 Å². The van der Waals surface area contributed by atoms with Gasteiger partial charge in [0.25, 0.3) is 5.19 Å². The van der Waals surface area contributed by atoms with Crippen LogP contribution in [0.25, 0.3) is 0 Å².